The molecule has 4 heteroatoms. The maximum atomic E-state index is 5.73. The molecular formula is C19H26N2OS. The molecule has 2 rings (SSSR count). The van der Waals surface area contributed by atoms with Crippen molar-refractivity contribution in [2.24, 2.45) is 0 Å². The largest absolute Gasteiger partial charge is 0.490 e. The summed E-state index contributed by atoms with van der Waals surface area (Å²) in [5, 5.41) is 10.6. The Bertz CT molecular complexity index is 590. The molecule has 0 saturated carbocycles. The third-order valence-corrected chi connectivity index (χ3v) is 4.55. The number of nitrogens with zero attached hydrogens (tertiary/aromatic N) is 2. The van der Waals surface area contributed by atoms with Crippen molar-refractivity contribution in [3.63, 3.8) is 0 Å². The van der Waals surface area contributed by atoms with Crippen molar-refractivity contribution in [2.45, 2.75) is 52.4 Å². The number of hydrogen-bond donors (Lipinski definition) is 0. The number of aromatic nitrogens is 2. The molecule has 0 aliphatic carbocycles. The van der Waals surface area contributed by atoms with Gasteiger partial charge in [-0.3, -0.25) is 0 Å². The molecule has 23 heavy (non-hydrogen) atoms. The molecular weight excluding hydrogens is 304 g/mol. The van der Waals surface area contributed by atoms with Crippen LogP contribution in [0.3, 0.4) is 0 Å². The van der Waals surface area contributed by atoms with Gasteiger partial charge in [-0.05, 0) is 43.5 Å². The number of unbranched alkanes of at least 4 members (excludes halogenated alkanes) is 3. The maximum Gasteiger partial charge on any atom is 0.147 e. The predicted molar refractivity (Wildman–Crippen MR) is 98.1 cm³/mol. The van der Waals surface area contributed by atoms with Crippen molar-refractivity contribution in [1.29, 1.82) is 0 Å². The topological polar surface area (TPSA) is 35.0 Å². The van der Waals surface area contributed by atoms with Crippen molar-refractivity contribution >= 4 is 11.3 Å². The Morgan fingerprint density at radius 2 is 1.83 bits per heavy atom. The van der Waals surface area contributed by atoms with Gasteiger partial charge in [0.1, 0.15) is 22.4 Å². The lowest BCUT2D eigenvalue weighted by molar-refractivity contribution is 0.362. The molecule has 0 fully saturated rings. The van der Waals surface area contributed by atoms with Gasteiger partial charge in [0.15, 0.2) is 0 Å². The summed E-state index contributed by atoms with van der Waals surface area (Å²) in [6.07, 6.45) is 11.4. The number of allylic oxidation sites excluding steroid dienone is 1. The van der Waals surface area contributed by atoms with Crippen molar-refractivity contribution in [3.8, 4) is 16.3 Å². The quantitative estimate of drug-likeness (QED) is 0.415. The zero-order chi connectivity index (χ0) is 16.3. The molecule has 0 radical (unpaired) electrons. The Hall–Kier alpha value is -1.68. The Kier molecular flexibility index (Phi) is 7.81. The molecule has 0 N–H and O–H groups in total. The fraction of sp³-hybridized carbons (Fsp3) is 0.474. The Morgan fingerprint density at radius 1 is 1.00 bits per heavy atom. The van der Waals surface area contributed by atoms with Gasteiger partial charge in [0, 0.05) is 12.0 Å². The van der Waals surface area contributed by atoms with E-state index in [2.05, 4.69) is 48.3 Å². The lowest BCUT2D eigenvalue weighted by Crippen LogP contribution is -1.93. The third kappa shape index (κ3) is 6.14. The van der Waals surface area contributed by atoms with E-state index in [-0.39, 0.29) is 0 Å². The van der Waals surface area contributed by atoms with Crippen LogP contribution in [0, 0.1) is 0 Å². The number of rotatable bonds is 10. The minimum absolute atomic E-state index is 0.630. The van der Waals surface area contributed by atoms with E-state index < -0.39 is 0 Å². The highest BCUT2D eigenvalue weighted by atomic mass is 32.1. The van der Waals surface area contributed by atoms with E-state index in [1.54, 1.807) is 11.3 Å². The first-order valence-corrected chi connectivity index (χ1v) is 9.35. The SMILES string of the molecule is CCCCCC=CCOc1ccc(-c2nnc(CCC)s2)cc1. The Balaban J connectivity index is 1.79. The normalized spacial score (nSPS) is 11.2. The molecule has 0 amide bonds. The van der Waals surface area contributed by atoms with Crippen molar-refractivity contribution in [2.75, 3.05) is 6.61 Å². The van der Waals surface area contributed by atoms with E-state index in [0.717, 1.165) is 40.6 Å². The second kappa shape index (κ2) is 10.2. The van der Waals surface area contributed by atoms with Gasteiger partial charge in [0.2, 0.25) is 0 Å². The van der Waals surface area contributed by atoms with Crippen molar-refractivity contribution in [3.05, 3.63) is 41.4 Å². The molecule has 0 bridgehead atoms. The monoisotopic (exact) mass is 330 g/mol. The van der Waals surface area contributed by atoms with E-state index >= 15 is 0 Å². The molecule has 0 aliphatic rings. The summed E-state index contributed by atoms with van der Waals surface area (Å²) in [4.78, 5) is 0. The predicted octanol–water partition coefficient (Wildman–Crippen LogP) is 5.67. The van der Waals surface area contributed by atoms with E-state index in [9.17, 15) is 0 Å². The molecule has 1 aromatic heterocycles. The minimum Gasteiger partial charge on any atom is -0.490 e. The van der Waals surface area contributed by atoms with Crippen LogP contribution in [0.2, 0.25) is 0 Å². The summed E-state index contributed by atoms with van der Waals surface area (Å²) >= 11 is 1.67. The van der Waals surface area contributed by atoms with Gasteiger partial charge in [-0.1, -0.05) is 50.2 Å². The summed E-state index contributed by atoms with van der Waals surface area (Å²) in [5.41, 5.74) is 1.10. The first kappa shape index (κ1) is 17.7. The molecule has 0 spiro atoms. The van der Waals surface area contributed by atoms with Gasteiger partial charge >= 0.3 is 0 Å². The zero-order valence-electron chi connectivity index (χ0n) is 14.1. The molecule has 3 nitrogen and oxygen atoms in total. The van der Waals surface area contributed by atoms with Gasteiger partial charge in [-0.2, -0.15) is 0 Å². The lowest BCUT2D eigenvalue weighted by atomic mass is 10.2. The number of benzene rings is 1. The standard InChI is InChI=1S/C19H26N2OS/c1-3-5-6-7-8-9-15-22-17-13-11-16(12-14-17)19-21-20-18(23-19)10-4-2/h8-9,11-14H,3-7,10,15H2,1-2H3. The Labute approximate surface area is 143 Å². The molecule has 0 atom stereocenters. The summed E-state index contributed by atoms with van der Waals surface area (Å²) in [7, 11) is 0. The Morgan fingerprint density at radius 3 is 2.57 bits per heavy atom. The van der Waals surface area contributed by atoms with Crippen LogP contribution in [-0.4, -0.2) is 16.8 Å². The van der Waals surface area contributed by atoms with E-state index in [4.69, 9.17) is 4.74 Å². The fourth-order valence-electron chi connectivity index (χ4n) is 2.22. The van der Waals surface area contributed by atoms with Crippen molar-refractivity contribution in [1.82, 2.24) is 10.2 Å². The molecule has 2 aromatic rings. The highest BCUT2D eigenvalue weighted by Crippen LogP contribution is 2.26. The molecule has 0 aliphatic heterocycles. The van der Waals surface area contributed by atoms with E-state index in [0.29, 0.717) is 6.61 Å². The van der Waals surface area contributed by atoms with Crippen LogP contribution < -0.4 is 4.74 Å². The fourth-order valence-corrected chi connectivity index (χ4v) is 3.17. The highest BCUT2D eigenvalue weighted by Gasteiger charge is 2.06. The minimum atomic E-state index is 0.630. The van der Waals surface area contributed by atoms with Gasteiger partial charge in [0.05, 0.1) is 0 Å². The van der Waals surface area contributed by atoms with Crippen LogP contribution in [0.1, 0.15) is 51.0 Å². The zero-order valence-corrected chi connectivity index (χ0v) is 14.9. The second-order valence-electron chi connectivity index (χ2n) is 5.55. The van der Waals surface area contributed by atoms with Crippen LogP contribution in [-0.2, 0) is 6.42 Å². The van der Waals surface area contributed by atoms with Crippen molar-refractivity contribution < 1.29 is 4.74 Å². The van der Waals surface area contributed by atoms with Gasteiger partial charge < -0.3 is 4.74 Å². The molecule has 0 unspecified atom stereocenters. The van der Waals surface area contributed by atoms with Gasteiger partial charge in [-0.25, -0.2) is 0 Å². The summed E-state index contributed by atoms with van der Waals surface area (Å²) in [5.74, 6) is 0.894. The number of ether oxygens (including phenoxy) is 1. The smallest absolute Gasteiger partial charge is 0.147 e. The summed E-state index contributed by atoms with van der Waals surface area (Å²) < 4.78 is 5.73. The molecule has 124 valence electrons. The highest BCUT2D eigenvalue weighted by molar-refractivity contribution is 7.14. The van der Waals surface area contributed by atoms with E-state index in [1.165, 1.54) is 19.3 Å². The van der Waals surface area contributed by atoms with Crippen LogP contribution in [0.4, 0.5) is 0 Å². The van der Waals surface area contributed by atoms with Gasteiger partial charge in [0.25, 0.3) is 0 Å². The average molecular weight is 330 g/mol. The third-order valence-electron chi connectivity index (χ3n) is 3.52. The molecule has 0 saturated heterocycles. The van der Waals surface area contributed by atoms with Crippen LogP contribution in [0.15, 0.2) is 36.4 Å². The maximum absolute atomic E-state index is 5.73. The summed E-state index contributed by atoms with van der Waals surface area (Å²) in [6, 6.07) is 8.11. The number of aryl methyl sites for hydroxylation is 1. The molecule has 1 heterocycles. The number of hydrogen-bond acceptors (Lipinski definition) is 4. The van der Waals surface area contributed by atoms with E-state index in [1.807, 2.05) is 12.1 Å². The second-order valence-corrected chi connectivity index (χ2v) is 6.62. The molecule has 1 aromatic carbocycles. The first-order chi connectivity index (χ1) is 11.3. The average Bonchev–Trinajstić information content (AvgIpc) is 3.04. The van der Waals surface area contributed by atoms with Gasteiger partial charge in [-0.15, -0.1) is 10.2 Å². The van der Waals surface area contributed by atoms with Crippen LogP contribution >= 0.6 is 11.3 Å². The lowest BCUT2D eigenvalue weighted by Gasteiger charge is -2.03. The van der Waals surface area contributed by atoms with Crippen LogP contribution in [0.5, 0.6) is 5.75 Å². The first-order valence-electron chi connectivity index (χ1n) is 8.54. The summed E-state index contributed by atoms with van der Waals surface area (Å²) in [6.45, 7) is 5.01. The van der Waals surface area contributed by atoms with Crippen LogP contribution in [0.25, 0.3) is 10.6 Å².